The van der Waals surface area contributed by atoms with Gasteiger partial charge in [-0.3, -0.25) is 0 Å². The van der Waals surface area contributed by atoms with Crippen LogP contribution in [0.15, 0.2) is 30.6 Å². The summed E-state index contributed by atoms with van der Waals surface area (Å²) in [5, 5.41) is 9.04. The Morgan fingerprint density at radius 3 is 2.50 bits per heavy atom. The van der Waals surface area contributed by atoms with Crippen molar-refractivity contribution in [3.05, 3.63) is 41.9 Å². The Balaban J connectivity index is 2.35. The molecule has 1 heterocycles. The molecular formula is C15H17N3. The highest BCUT2D eigenvalue weighted by atomic mass is 15.0. The zero-order chi connectivity index (χ0) is 13.1. The van der Waals surface area contributed by atoms with Gasteiger partial charge >= 0.3 is 0 Å². The van der Waals surface area contributed by atoms with Gasteiger partial charge in [0.15, 0.2) is 5.69 Å². The second-order valence-corrected chi connectivity index (χ2v) is 4.96. The van der Waals surface area contributed by atoms with Crippen LogP contribution in [0.25, 0.3) is 11.3 Å². The van der Waals surface area contributed by atoms with Gasteiger partial charge in [-0.25, -0.2) is 4.98 Å². The number of benzene rings is 1. The van der Waals surface area contributed by atoms with Gasteiger partial charge in [-0.1, -0.05) is 38.1 Å². The second kappa shape index (κ2) is 5.05. The Kier molecular flexibility index (Phi) is 3.47. The second-order valence-electron chi connectivity index (χ2n) is 4.96. The van der Waals surface area contributed by atoms with Crippen LogP contribution in [-0.2, 0) is 13.5 Å². The van der Waals surface area contributed by atoms with Crippen molar-refractivity contribution in [2.24, 2.45) is 13.0 Å². The summed E-state index contributed by atoms with van der Waals surface area (Å²) < 4.78 is 1.88. The van der Waals surface area contributed by atoms with Crippen molar-refractivity contribution in [1.29, 1.82) is 5.26 Å². The Morgan fingerprint density at radius 1 is 1.28 bits per heavy atom. The first kappa shape index (κ1) is 12.4. The molecule has 3 heteroatoms. The summed E-state index contributed by atoms with van der Waals surface area (Å²) in [6, 6.07) is 10.5. The summed E-state index contributed by atoms with van der Waals surface area (Å²) in [5.74, 6) is 0.655. The summed E-state index contributed by atoms with van der Waals surface area (Å²) in [7, 11) is 1.91. The topological polar surface area (TPSA) is 41.6 Å². The largest absolute Gasteiger partial charge is 0.333 e. The molecule has 18 heavy (non-hydrogen) atoms. The van der Waals surface area contributed by atoms with E-state index in [0.717, 1.165) is 17.7 Å². The molecule has 1 aromatic carbocycles. The van der Waals surface area contributed by atoms with Crippen molar-refractivity contribution < 1.29 is 0 Å². The van der Waals surface area contributed by atoms with Crippen LogP contribution in [0.3, 0.4) is 0 Å². The van der Waals surface area contributed by atoms with Crippen LogP contribution in [0, 0.1) is 17.2 Å². The molecule has 2 aromatic rings. The highest BCUT2D eigenvalue weighted by Crippen LogP contribution is 2.23. The fourth-order valence-electron chi connectivity index (χ4n) is 2.12. The van der Waals surface area contributed by atoms with E-state index in [-0.39, 0.29) is 0 Å². The number of aromatic nitrogens is 2. The van der Waals surface area contributed by atoms with Gasteiger partial charge in [0.1, 0.15) is 6.07 Å². The lowest BCUT2D eigenvalue weighted by Crippen LogP contribution is -1.95. The van der Waals surface area contributed by atoms with Crippen LogP contribution in [0.5, 0.6) is 0 Å². The third-order valence-corrected chi connectivity index (χ3v) is 2.91. The normalized spacial score (nSPS) is 10.6. The fraction of sp³-hybridized carbons (Fsp3) is 0.333. The maximum Gasteiger partial charge on any atom is 0.166 e. The van der Waals surface area contributed by atoms with Crippen molar-refractivity contribution in [3.63, 3.8) is 0 Å². The molecule has 0 aliphatic rings. The van der Waals surface area contributed by atoms with Crippen molar-refractivity contribution >= 4 is 0 Å². The van der Waals surface area contributed by atoms with Crippen molar-refractivity contribution in [3.8, 4) is 17.3 Å². The van der Waals surface area contributed by atoms with Crippen LogP contribution < -0.4 is 0 Å². The first-order valence-electron chi connectivity index (χ1n) is 6.12. The smallest absolute Gasteiger partial charge is 0.166 e. The molecule has 92 valence electrons. The van der Waals surface area contributed by atoms with Crippen molar-refractivity contribution in [2.45, 2.75) is 20.3 Å². The number of rotatable bonds is 3. The third kappa shape index (κ3) is 2.43. The summed E-state index contributed by atoms with van der Waals surface area (Å²) in [6.45, 7) is 4.42. The molecular weight excluding hydrogens is 222 g/mol. The monoisotopic (exact) mass is 239 g/mol. The maximum absolute atomic E-state index is 9.04. The van der Waals surface area contributed by atoms with Gasteiger partial charge in [-0.15, -0.1) is 0 Å². The molecule has 3 nitrogen and oxygen atoms in total. The van der Waals surface area contributed by atoms with Gasteiger partial charge in [0.2, 0.25) is 0 Å². The Hall–Kier alpha value is -2.08. The predicted molar refractivity (Wildman–Crippen MR) is 71.9 cm³/mol. The third-order valence-electron chi connectivity index (χ3n) is 2.91. The number of hydrogen-bond donors (Lipinski definition) is 0. The van der Waals surface area contributed by atoms with Crippen LogP contribution in [-0.4, -0.2) is 9.55 Å². The molecule has 0 saturated carbocycles. The van der Waals surface area contributed by atoms with Gasteiger partial charge in [0.05, 0.1) is 12.0 Å². The molecule has 2 rings (SSSR count). The lowest BCUT2D eigenvalue weighted by molar-refractivity contribution is 0.647. The quantitative estimate of drug-likeness (QED) is 0.825. The molecule has 0 N–H and O–H groups in total. The van der Waals surface area contributed by atoms with Gasteiger partial charge in [0, 0.05) is 12.6 Å². The fourth-order valence-corrected chi connectivity index (χ4v) is 2.12. The van der Waals surface area contributed by atoms with Crippen LogP contribution in [0.2, 0.25) is 0 Å². The molecule has 0 fully saturated rings. The lowest BCUT2D eigenvalue weighted by atomic mass is 10.0. The molecule has 0 unspecified atom stereocenters. The molecule has 0 bridgehead atoms. The van der Waals surface area contributed by atoms with E-state index < -0.39 is 0 Å². The predicted octanol–water partition coefficient (Wildman–Crippen LogP) is 3.16. The SMILES string of the molecule is CC(C)Cc1ccc(-c2c(C#N)ncn2C)cc1. The van der Waals surface area contributed by atoms with Crippen molar-refractivity contribution in [1.82, 2.24) is 9.55 Å². The highest BCUT2D eigenvalue weighted by Gasteiger charge is 2.10. The minimum Gasteiger partial charge on any atom is -0.333 e. The molecule has 0 spiro atoms. The van der Waals surface area contributed by atoms with Crippen LogP contribution >= 0.6 is 0 Å². The molecule has 0 saturated heterocycles. The average Bonchev–Trinajstić information content (AvgIpc) is 2.71. The van der Waals surface area contributed by atoms with Gasteiger partial charge < -0.3 is 4.57 Å². The van der Waals surface area contributed by atoms with Gasteiger partial charge in [0.25, 0.3) is 0 Å². The Morgan fingerprint density at radius 2 is 1.94 bits per heavy atom. The van der Waals surface area contributed by atoms with Crippen LogP contribution in [0.1, 0.15) is 25.1 Å². The minimum absolute atomic E-state index is 0.481. The minimum atomic E-state index is 0.481. The van der Waals surface area contributed by atoms with E-state index in [1.165, 1.54) is 5.56 Å². The molecule has 0 aliphatic carbocycles. The summed E-state index contributed by atoms with van der Waals surface area (Å²) in [4.78, 5) is 4.08. The van der Waals surface area contributed by atoms with E-state index in [4.69, 9.17) is 5.26 Å². The Labute approximate surface area is 108 Å². The average molecular weight is 239 g/mol. The summed E-state index contributed by atoms with van der Waals surface area (Å²) >= 11 is 0. The highest BCUT2D eigenvalue weighted by molar-refractivity contribution is 5.65. The molecule has 0 atom stereocenters. The van der Waals surface area contributed by atoms with E-state index in [1.807, 2.05) is 11.6 Å². The van der Waals surface area contributed by atoms with Crippen LogP contribution in [0.4, 0.5) is 0 Å². The summed E-state index contributed by atoms with van der Waals surface area (Å²) in [5.41, 5.74) is 3.73. The van der Waals surface area contributed by atoms with Gasteiger partial charge in [-0.2, -0.15) is 5.26 Å². The molecule has 0 aliphatic heterocycles. The molecule has 1 aromatic heterocycles. The standard InChI is InChI=1S/C15H17N3/c1-11(2)8-12-4-6-13(7-5-12)15-14(9-16)17-10-18(15)3/h4-7,10-11H,8H2,1-3H3. The molecule has 0 radical (unpaired) electrons. The van der Waals surface area contributed by atoms with E-state index in [9.17, 15) is 0 Å². The number of nitrogens with zero attached hydrogens (tertiary/aromatic N) is 3. The zero-order valence-electron chi connectivity index (χ0n) is 11.0. The first-order valence-corrected chi connectivity index (χ1v) is 6.12. The number of hydrogen-bond acceptors (Lipinski definition) is 2. The van der Waals surface area contributed by atoms with E-state index in [0.29, 0.717) is 11.6 Å². The summed E-state index contributed by atoms with van der Waals surface area (Å²) in [6.07, 6.45) is 2.76. The first-order chi connectivity index (χ1) is 8.61. The molecule has 0 amide bonds. The number of nitriles is 1. The number of imidazole rings is 1. The maximum atomic E-state index is 9.04. The zero-order valence-corrected chi connectivity index (χ0v) is 11.0. The lowest BCUT2D eigenvalue weighted by Gasteiger charge is -2.07. The number of aryl methyl sites for hydroxylation is 1. The van der Waals surface area contributed by atoms with E-state index >= 15 is 0 Å². The Bertz CT molecular complexity index is 571. The van der Waals surface area contributed by atoms with E-state index in [2.05, 4.69) is 49.2 Å². The van der Waals surface area contributed by atoms with Gasteiger partial charge in [-0.05, 0) is 17.9 Å². The van der Waals surface area contributed by atoms with Crippen molar-refractivity contribution in [2.75, 3.05) is 0 Å². The van der Waals surface area contributed by atoms with E-state index in [1.54, 1.807) is 6.33 Å².